The van der Waals surface area contributed by atoms with E-state index in [-0.39, 0.29) is 17.2 Å². The third-order valence-corrected chi connectivity index (χ3v) is 5.81. The number of hydrogen-bond donors (Lipinski definition) is 1. The van der Waals surface area contributed by atoms with Gasteiger partial charge in [-0.15, -0.1) is 11.3 Å². The van der Waals surface area contributed by atoms with Gasteiger partial charge < -0.3 is 14.7 Å². The second-order valence-electron chi connectivity index (χ2n) is 6.53. The predicted molar refractivity (Wildman–Crippen MR) is 105 cm³/mol. The normalized spacial score (nSPS) is 15.2. The van der Waals surface area contributed by atoms with Crippen LogP contribution in [0.5, 0.6) is 11.5 Å². The molecule has 2 aromatic carbocycles. The molecular weight excluding hydrogens is 362 g/mol. The number of piperazine rings is 1. The number of thiazole rings is 1. The van der Waals surface area contributed by atoms with Crippen molar-refractivity contribution in [2.75, 3.05) is 33.3 Å². The molecular formula is C20H21N3O3S. The van der Waals surface area contributed by atoms with Gasteiger partial charge in [0.25, 0.3) is 5.91 Å². The van der Waals surface area contributed by atoms with Gasteiger partial charge in [-0.25, -0.2) is 4.98 Å². The molecule has 0 unspecified atom stereocenters. The van der Waals surface area contributed by atoms with Crippen molar-refractivity contribution in [3.05, 3.63) is 53.0 Å². The number of phenols is 1. The Hall–Kier alpha value is -2.64. The predicted octanol–water partition coefficient (Wildman–Crippen LogP) is 2.97. The van der Waals surface area contributed by atoms with Crippen LogP contribution in [0, 0.1) is 0 Å². The third-order valence-electron chi connectivity index (χ3n) is 4.79. The molecule has 1 saturated heterocycles. The molecule has 1 amide bonds. The number of aromatic hydroxyl groups is 1. The monoisotopic (exact) mass is 383 g/mol. The van der Waals surface area contributed by atoms with E-state index in [1.54, 1.807) is 35.5 Å². The van der Waals surface area contributed by atoms with Crippen LogP contribution in [0.25, 0.3) is 10.2 Å². The third kappa shape index (κ3) is 3.74. The number of hydrogen-bond acceptors (Lipinski definition) is 6. The number of amides is 1. The first-order valence-corrected chi connectivity index (χ1v) is 9.69. The molecule has 0 atom stereocenters. The standard InChI is InChI=1S/C20H21N3O3S/c1-26-14-6-7-17(24)15(12-14)20(25)23-10-8-22(9-11-23)13-19-21-16-4-2-3-5-18(16)27-19/h2-7,12,24H,8-11,13H2,1H3. The highest BCUT2D eigenvalue weighted by Crippen LogP contribution is 2.26. The number of fused-ring (bicyclic) bond motifs is 1. The van der Waals surface area contributed by atoms with Gasteiger partial charge >= 0.3 is 0 Å². The summed E-state index contributed by atoms with van der Waals surface area (Å²) >= 11 is 1.72. The molecule has 2 heterocycles. The van der Waals surface area contributed by atoms with Crippen LogP contribution in [-0.4, -0.2) is 59.1 Å². The Kier molecular flexibility index (Phi) is 4.96. The fourth-order valence-electron chi connectivity index (χ4n) is 3.27. The molecule has 3 aromatic rings. The lowest BCUT2D eigenvalue weighted by Gasteiger charge is -2.34. The first kappa shape index (κ1) is 17.8. The molecule has 1 aliphatic heterocycles. The maximum Gasteiger partial charge on any atom is 0.257 e. The number of para-hydroxylation sites is 1. The number of carbonyl (C=O) groups excluding carboxylic acids is 1. The minimum absolute atomic E-state index is 0.0160. The quantitative estimate of drug-likeness (QED) is 0.750. The Balaban J connectivity index is 1.39. The van der Waals surface area contributed by atoms with E-state index in [4.69, 9.17) is 4.74 Å². The zero-order chi connectivity index (χ0) is 18.8. The van der Waals surface area contributed by atoms with Gasteiger partial charge in [0.15, 0.2) is 0 Å². The number of benzene rings is 2. The minimum Gasteiger partial charge on any atom is -0.507 e. The van der Waals surface area contributed by atoms with Crippen molar-refractivity contribution in [3.63, 3.8) is 0 Å². The van der Waals surface area contributed by atoms with E-state index in [1.165, 1.54) is 10.8 Å². The van der Waals surface area contributed by atoms with Crippen molar-refractivity contribution in [2.24, 2.45) is 0 Å². The van der Waals surface area contributed by atoms with Crippen LogP contribution in [0.1, 0.15) is 15.4 Å². The number of ether oxygens (including phenoxy) is 1. The summed E-state index contributed by atoms with van der Waals surface area (Å²) in [4.78, 5) is 21.5. The van der Waals surface area contributed by atoms with E-state index in [0.29, 0.717) is 18.8 Å². The van der Waals surface area contributed by atoms with Gasteiger partial charge in [0.05, 0.1) is 29.4 Å². The summed E-state index contributed by atoms with van der Waals surface area (Å²) in [6.07, 6.45) is 0. The van der Waals surface area contributed by atoms with Gasteiger partial charge in [-0.1, -0.05) is 12.1 Å². The van der Waals surface area contributed by atoms with Crippen molar-refractivity contribution in [3.8, 4) is 11.5 Å². The first-order valence-electron chi connectivity index (χ1n) is 8.87. The first-order chi connectivity index (χ1) is 13.1. The van der Waals surface area contributed by atoms with E-state index in [1.807, 2.05) is 18.2 Å². The Morgan fingerprint density at radius 1 is 1.19 bits per heavy atom. The van der Waals surface area contributed by atoms with Gasteiger partial charge in [-0.3, -0.25) is 9.69 Å². The van der Waals surface area contributed by atoms with E-state index in [0.717, 1.165) is 30.2 Å². The number of nitrogens with zero attached hydrogens (tertiary/aromatic N) is 3. The lowest BCUT2D eigenvalue weighted by molar-refractivity contribution is 0.0625. The summed E-state index contributed by atoms with van der Waals surface area (Å²) in [6.45, 7) is 3.62. The molecule has 0 aliphatic carbocycles. The van der Waals surface area contributed by atoms with E-state index in [2.05, 4.69) is 16.0 Å². The molecule has 4 rings (SSSR count). The molecule has 140 valence electrons. The average molecular weight is 383 g/mol. The molecule has 7 heteroatoms. The molecule has 0 radical (unpaired) electrons. The number of rotatable bonds is 4. The Morgan fingerprint density at radius 3 is 2.70 bits per heavy atom. The minimum atomic E-state index is -0.161. The Bertz CT molecular complexity index is 931. The van der Waals surface area contributed by atoms with Crippen molar-refractivity contribution in [2.45, 2.75) is 6.54 Å². The molecule has 0 bridgehead atoms. The topological polar surface area (TPSA) is 65.9 Å². The van der Waals surface area contributed by atoms with Crippen molar-refractivity contribution < 1.29 is 14.6 Å². The SMILES string of the molecule is COc1ccc(O)c(C(=O)N2CCN(Cc3nc4ccccc4s3)CC2)c1. The largest absolute Gasteiger partial charge is 0.507 e. The van der Waals surface area contributed by atoms with Crippen molar-refractivity contribution >= 4 is 27.5 Å². The lowest BCUT2D eigenvalue weighted by atomic mass is 10.1. The summed E-state index contributed by atoms with van der Waals surface area (Å²) in [5.41, 5.74) is 1.33. The number of methoxy groups -OCH3 is 1. The highest BCUT2D eigenvalue weighted by Gasteiger charge is 2.25. The maximum absolute atomic E-state index is 12.8. The molecule has 6 nitrogen and oxygen atoms in total. The molecule has 0 spiro atoms. The fraction of sp³-hybridized carbons (Fsp3) is 0.300. The second-order valence-corrected chi connectivity index (χ2v) is 7.64. The highest BCUT2D eigenvalue weighted by molar-refractivity contribution is 7.18. The fourth-order valence-corrected chi connectivity index (χ4v) is 4.28. The summed E-state index contributed by atoms with van der Waals surface area (Å²) in [5.74, 6) is 0.384. The van der Waals surface area contributed by atoms with Crippen molar-refractivity contribution in [1.82, 2.24) is 14.8 Å². The number of phenolic OH excluding ortho intramolecular Hbond substituents is 1. The summed E-state index contributed by atoms with van der Waals surface area (Å²) in [6, 6.07) is 12.9. The van der Waals surface area contributed by atoms with Gasteiger partial charge in [-0.05, 0) is 30.3 Å². The lowest BCUT2D eigenvalue weighted by Crippen LogP contribution is -2.48. The molecule has 1 N–H and O–H groups in total. The highest BCUT2D eigenvalue weighted by atomic mass is 32.1. The van der Waals surface area contributed by atoms with Crippen LogP contribution in [0.15, 0.2) is 42.5 Å². The van der Waals surface area contributed by atoms with Gasteiger partial charge in [-0.2, -0.15) is 0 Å². The molecule has 1 aromatic heterocycles. The van der Waals surface area contributed by atoms with Gasteiger partial charge in [0.1, 0.15) is 16.5 Å². The van der Waals surface area contributed by atoms with Crippen molar-refractivity contribution in [1.29, 1.82) is 0 Å². The van der Waals surface area contributed by atoms with E-state index < -0.39 is 0 Å². The number of carbonyl (C=O) groups is 1. The van der Waals surface area contributed by atoms with Crippen LogP contribution in [0.4, 0.5) is 0 Å². The Labute approximate surface area is 161 Å². The summed E-state index contributed by atoms with van der Waals surface area (Å²) < 4.78 is 6.36. The molecule has 0 saturated carbocycles. The Morgan fingerprint density at radius 2 is 1.96 bits per heavy atom. The van der Waals surface area contributed by atoms with Crippen LogP contribution < -0.4 is 4.74 Å². The van der Waals surface area contributed by atoms with Crippen LogP contribution in [0.2, 0.25) is 0 Å². The summed E-state index contributed by atoms with van der Waals surface area (Å²) in [7, 11) is 1.54. The smallest absolute Gasteiger partial charge is 0.257 e. The molecule has 27 heavy (non-hydrogen) atoms. The van der Waals surface area contributed by atoms with E-state index >= 15 is 0 Å². The van der Waals surface area contributed by atoms with E-state index in [9.17, 15) is 9.90 Å². The van der Waals surface area contributed by atoms with Gasteiger partial charge in [0.2, 0.25) is 0 Å². The number of aromatic nitrogens is 1. The zero-order valence-electron chi connectivity index (χ0n) is 15.1. The second kappa shape index (κ2) is 7.54. The molecule has 1 fully saturated rings. The maximum atomic E-state index is 12.8. The van der Waals surface area contributed by atoms with Gasteiger partial charge in [0, 0.05) is 26.2 Å². The molecule has 1 aliphatic rings. The van der Waals surface area contributed by atoms with Crippen LogP contribution in [-0.2, 0) is 6.54 Å². The summed E-state index contributed by atoms with van der Waals surface area (Å²) in [5, 5.41) is 11.1. The zero-order valence-corrected chi connectivity index (χ0v) is 15.9. The average Bonchev–Trinajstić information content (AvgIpc) is 3.11. The van der Waals surface area contributed by atoms with Crippen LogP contribution in [0.3, 0.4) is 0 Å². The van der Waals surface area contributed by atoms with Crippen LogP contribution >= 0.6 is 11.3 Å².